The van der Waals surface area contributed by atoms with Crippen molar-refractivity contribution in [2.75, 3.05) is 0 Å². The van der Waals surface area contributed by atoms with Crippen LogP contribution in [-0.4, -0.2) is 5.38 Å². The van der Waals surface area contributed by atoms with E-state index in [1.54, 1.807) is 12.2 Å². The molecular weight excluding hydrogens is 127 g/mol. The molecule has 2 radical (unpaired) electrons. The highest BCUT2D eigenvalue weighted by Gasteiger charge is 2.15. The van der Waals surface area contributed by atoms with Gasteiger partial charge in [0.25, 0.3) is 0 Å². The Hall–Kier alpha value is -0.300. The second-order valence-electron chi connectivity index (χ2n) is 1.45. The molecule has 1 aliphatic carbocycles. The summed E-state index contributed by atoms with van der Waals surface area (Å²) < 4.78 is 12.2. The number of rotatable bonds is 0. The average molecular weight is 131 g/mol. The van der Waals surface area contributed by atoms with Gasteiger partial charge < -0.3 is 0 Å². The third-order valence-electron chi connectivity index (χ3n) is 0.840. The Labute approximate surface area is 52.6 Å². The third kappa shape index (κ3) is 1.10. The Bertz CT molecular complexity index is 112. The normalized spacial score (nSPS) is 29.0. The largest absolute Gasteiger partial charge is 0.233 e. The molecule has 2 heteroatoms. The minimum atomic E-state index is -0.597. The van der Waals surface area contributed by atoms with E-state index in [-0.39, 0.29) is 0 Å². The molecule has 0 aromatic heterocycles. The van der Waals surface area contributed by atoms with Gasteiger partial charge in [0.1, 0.15) is 0 Å². The van der Waals surface area contributed by atoms with Crippen molar-refractivity contribution in [2.45, 2.75) is 5.38 Å². The molecule has 0 fully saturated rings. The first kappa shape index (κ1) is 5.83. The molecule has 0 bridgehead atoms. The van der Waals surface area contributed by atoms with Gasteiger partial charge in [0, 0.05) is 6.08 Å². The van der Waals surface area contributed by atoms with Gasteiger partial charge in [0.05, 0.1) is 5.38 Å². The SMILES string of the molecule is F[C]1[C]=CC=CC1Cl. The van der Waals surface area contributed by atoms with Gasteiger partial charge in [-0.05, 0) is 0 Å². The lowest BCUT2D eigenvalue weighted by Crippen LogP contribution is -2.03. The maximum Gasteiger partial charge on any atom is 0.195 e. The molecule has 1 atom stereocenters. The van der Waals surface area contributed by atoms with Crippen LogP contribution in [0.3, 0.4) is 0 Å². The summed E-state index contributed by atoms with van der Waals surface area (Å²) in [4.78, 5) is 0. The fourth-order valence-corrected chi connectivity index (χ4v) is 0.592. The molecule has 0 saturated heterocycles. The highest BCUT2D eigenvalue weighted by Crippen LogP contribution is 2.19. The Morgan fingerprint density at radius 2 is 2.50 bits per heavy atom. The van der Waals surface area contributed by atoms with Crippen molar-refractivity contribution in [3.63, 3.8) is 0 Å². The van der Waals surface area contributed by atoms with E-state index in [0.717, 1.165) is 0 Å². The van der Waals surface area contributed by atoms with Gasteiger partial charge in [0.15, 0.2) is 6.17 Å². The zero-order valence-electron chi connectivity index (χ0n) is 4.07. The van der Waals surface area contributed by atoms with E-state index in [2.05, 4.69) is 6.08 Å². The van der Waals surface area contributed by atoms with E-state index in [9.17, 15) is 4.39 Å². The van der Waals surface area contributed by atoms with E-state index in [0.29, 0.717) is 0 Å². The summed E-state index contributed by atoms with van der Waals surface area (Å²) >= 11 is 5.39. The van der Waals surface area contributed by atoms with Crippen LogP contribution >= 0.6 is 11.6 Å². The van der Waals surface area contributed by atoms with Crippen LogP contribution in [-0.2, 0) is 0 Å². The van der Waals surface area contributed by atoms with E-state index >= 15 is 0 Å². The smallest absolute Gasteiger partial charge is 0.195 e. The van der Waals surface area contributed by atoms with Crippen molar-refractivity contribution >= 4 is 11.6 Å². The second-order valence-corrected chi connectivity index (χ2v) is 1.92. The first-order chi connectivity index (χ1) is 3.80. The summed E-state index contributed by atoms with van der Waals surface area (Å²) in [5, 5.41) is -0.597. The molecule has 0 heterocycles. The van der Waals surface area contributed by atoms with Crippen LogP contribution in [0, 0.1) is 12.2 Å². The van der Waals surface area contributed by atoms with Crippen LogP contribution in [0.5, 0.6) is 0 Å². The van der Waals surface area contributed by atoms with Gasteiger partial charge in [-0.1, -0.05) is 18.2 Å². The van der Waals surface area contributed by atoms with E-state index in [1.807, 2.05) is 0 Å². The van der Waals surface area contributed by atoms with Gasteiger partial charge in [-0.2, -0.15) is 0 Å². The zero-order valence-corrected chi connectivity index (χ0v) is 4.82. The average Bonchev–Trinajstić information content (AvgIpc) is 1.77. The molecule has 8 heavy (non-hydrogen) atoms. The molecule has 0 aliphatic heterocycles. The molecule has 1 rings (SSSR count). The molecule has 1 unspecified atom stereocenters. The van der Waals surface area contributed by atoms with Crippen LogP contribution in [0.1, 0.15) is 0 Å². The summed E-state index contributed by atoms with van der Waals surface area (Å²) in [5.41, 5.74) is 0. The summed E-state index contributed by atoms with van der Waals surface area (Å²) in [7, 11) is 0. The lowest BCUT2D eigenvalue weighted by Gasteiger charge is -2.05. The molecule has 0 nitrogen and oxygen atoms in total. The summed E-state index contributed by atoms with van der Waals surface area (Å²) in [6.45, 7) is 0. The Morgan fingerprint density at radius 3 is 2.88 bits per heavy atom. The van der Waals surface area contributed by atoms with Gasteiger partial charge in [0.2, 0.25) is 0 Å². The van der Waals surface area contributed by atoms with Crippen LogP contribution < -0.4 is 0 Å². The molecule has 42 valence electrons. The topological polar surface area (TPSA) is 0 Å². The Kier molecular flexibility index (Phi) is 1.69. The van der Waals surface area contributed by atoms with Gasteiger partial charge in [-0.25, -0.2) is 4.39 Å². The molecule has 0 spiro atoms. The maximum absolute atomic E-state index is 12.2. The minimum absolute atomic E-state index is 0.408. The summed E-state index contributed by atoms with van der Waals surface area (Å²) in [6.07, 6.45) is 6.65. The quantitative estimate of drug-likeness (QED) is 0.440. The van der Waals surface area contributed by atoms with Crippen LogP contribution in [0.2, 0.25) is 0 Å². The standard InChI is InChI=1S/C6H4ClF/c7-5-3-1-2-4-6(5)8/h1-3,5H. The lowest BCUT2D eigenvalue weighted by molar-refractivity contribution is 0.524. The molecule has 0 aromatic rings. The fraction of sp³-hybridized carbons (Fsp3) is 0.167. The second kappa shape index (κ2) is 2.31. The first-order valence-electron chi connectivity index (χ1n) is 2.23. The molecule has 1 aliphatic rings. The van der Waals surface area contributed by atoms with Crippen molar-refractivity contribution in [1.29, 1.82) is 0 Å². The van der Waals surface area contributed by atoms with Gasteiger partial charge in [-0.15, -0.1) is 11.6 Å². The zero-order chi connectivity index (χ0) is 5.98. The monoisotopic (exact) mass is 130 g/mol. The summed E-state index contributed by atoms with van der Waals surface area (Å²) in [5.74, 6) is 0. The highest BCUT2D eigenvalue weighted by atomic mass is 35.5. The number of hydrogen-bond donors (Lipinski definition) is 0. The van der Waals surface area contributed by atoms with Crippen molar-refractivity contribution in [3.05, 3.63) is 30.5 Å². The molecule has 0 aromatic carbocycles. The number of hydrogen-bond acceptors (Lipinski definition) is 0. The van der Waals surface area contributed by atoms with Crippen molar-refractivity contribution in [1.82, 2.24) is 0 Å². The van der Waals surface area contributed by atoms with Crippen LogP contribution in [0.25, 0.3) is 0 Å². The number of halogens is 2. The molecule has 0 saturated carbocycles. The molecule has 0 amide bonds. The minimum Gasteiger partial charge on any atom is -0.233 e. The Balaban J connectivity index is 2.59. The number of allylic oxidation sites excluding steroid dienone is 4. The number of alkyl halides is 1. The fourth-order valence-electron chi connectivity index (χ4n) is 0.445. The lowest BCUT2D eigenvalue weighted by atomic mass is 10.2. The molecule has 0 N–H and O–H groups in total. The van der Waals surface area contributed by atoms with E-state index in [1.165, 1.54) is 6.08 Å². The summed E-state index contributed by atoms with van der Waals surface area (Å²) in [6, 6.07) is 0. The predicted molar refractivity (Wildman–Crippen MR) is 30.9 cm³/mol. The van der Waals surface area contributed by atoms with Crippen molar-refractivity contribution in [3.8, 4) is 0 Å². The maximum atomic E-state index is 12.2. The van der Waals surface area contributed by atoms with Crippen LogP contribution in [0.15, 0.2) is 18.2 Å². The van der Waals surface area contributed by atoms with Crippen molar-refractivity contribution < 1.29 is 4.39 Å². The van der Waals surface area contributed by atoms with Gasteiger partial charge >= 0.3 is 0 Å². The first-order valence-corrected chi connectivity index (χ1v) is 2.67. The highest BCUT2D eigenvalue weighted by molar-refractivity contribution is 6.23. The van der Waals surface area contributed by atoms with E-state index < -0.39 is 11.5 Å². The van der Waals surface area contributed by atoms with Crippen LogP contribution in [0.4, 0.5) is 4.39 Å². The van der Waals surface area contributed by atoms with Crippen molar-refractivity contribution in [2.24, 2.45) is 0 Å². The molecular formula is C6H4ClF. The third-order valence-corrected chi connectivity index (χ3v) is 1.18. The van der Waals surface area contributed by atoms with E-state index in [4.69, 9.17) is 11.6 Å². The Morgan fingerprint density at radius 1 is 1.75 bits per heavy atom. The van der Waals surface area contributed by atoms with Gasteiger partial charge in [-0.3, -0.25) is 0 Å². The predicted octanol–water partition coefficient (Wildman–Crippen LogP) is 2.02.